The zero-order valence-corrected chi connectivity index (χ0v) is 12.3. The molecule has 0 saturated carbocycles. The highest BCUT2D eigenvalue weighted by molar-refractivity contribution is 7.87. The highest BCUT2D eigenvalue weighted by atomic mass is 32.2. The molecule has 116 valence electrons. The van der Waals surface area contributed by atoms with Crippen molar-refractivity contribution in [3.63, 3.8) is 0 Å². The molecule has 0 unspecified atom stereocenters. The van der Waals surface area contributed by atoms with Gasteiger partial charge in [0.25, 0.3) is 0 Å². The first-order valence-electron chi connectivity index (χ1n) is 5.95. The Morgan fingerprint density at radius 2 is 1.86 bits per heavy atom. The van der Waals surface area contributed by atoms with Crippen LogP contribution in [0.2, 0.25) is 0 Å². The number of halogens is 3. The first-order chi connectivity index (χ1) is 9.41. The summed E-state index contributed by atoms with van der Waals surface area (Å²) < 4.78 is 69.6. The molecule has 4 nitrogen and oxygen atoms in total. The summed E-state index contributed by atoms with van der Waals surface area (Å²) in [5.41, 5.74) is -5.57. The molecule has 1 aliphatic heterocycles. The third-order valence-electron chi connectivity index (χ3n) is 2.74. The van der Waals surface area contributed by atoms with Gasteiger partial charge in [-0.1, -0.05) is 11.6 Å². The fourth-order valence-electron chi connectivity index (χ4n) is 1.87. The molecule has 0 radical (unpaired) electrons. The number of alkyl halides is 3. The lowest BCUT2D eigenvalue weighted by molar-refractivity contribution is -0.0510. The van der Waals surface area contributed by atoms with Gasteiger partial charge >= 0.3 is 15.6 Å². The van der Waals surface area contributed by atoms with Crippen molar-refractivity contribution in [1.29, 1.82) is 0 Å². The lowest BCUT2D eigenvalue weighted by Crippen LogP contribution is -2.31. The zero-order valence-electron chi connectivity index (χ0n) is 11.5. The van der Waals surface area contributed by atoms with Gasteiger partial charge in [-0.3, -0.25) is 0 Å². The standard InChI is InChI=1S/C13H13F3O4S/c1-8-4-5-10-9(6-8)11(7-12(2,3)19-10)20-21(17,18)13(14,15)16/h4-7H,1-3H3. The Balaban J connectivity index is 2.52. The molecule has 2 rings (SSSR count). The molecule has 0 bridgehead atoms. The first kappa shape index (κ1) is 15.7. The van der Waals surface area contributed by atoms with E-state index in [0.29, 0.717) is 0 Å². The molecule has 0 atom stereocenters. The maximum absolute atomic E-state index is 12.5. The van der Waals surface area contributed by atoms with Gasteiger partial charge < -0.3 is 8.92 Å². The van der Waals surface area contributed by atoms with Crippen molar-refractivity contribution in [1.82, 2.24) is 0 Å². The predicted molar refractivity (Wildman–Crippen MR) is 69.9 cm³/mol. The van der Waals surface area contributed by atoms with Crippen molar-refractivity contribution in [2.75, 3.05) is 0 Å². The quantitative estimate of drug-likeness (QED) is 0.619. The molecule has 0 fully saturated rings. The summed E-state index contributed by atoms with van der Waals surface area (Å²) in [5, 5.41) is 0. The highest BCUT2D eigenvalue weighted by Gasteiger charge is 2.49. The molecule has 0 aromatic heterocycles. The Bertz CT molecular complexity index is 703. The maximum Gasteiger partial charge on any atom is 0.534 e. The molecular formula is C13H13F3O4S. The van der Waals surface area contributed by atoms with Crippen molar-refractivity contribution < 1.29 is 30.5 Å². The monoisotopic (exact) mass is 322 g/mol. The van der Waals surface area contributed by atoms with Crippen LogP contribution >= 0.6 is 0 Å². The molecule has 0 saturated heterocycles. The van der Waals surface area contributed by atoms with E-state index in [1.807, 2.05) is 0 Å². The summed E-state index contributed by atoms with van der Waals surface area (Å²) in [5.74, 6) is -0.122. The Morgan fingerprint density at radius 1 is 1.24 bits per heavy atom. The molecule has 1 aromatic carbocycles. The number of hydrogen-bond donors (Lipinski definition) is 0. The number of rotatable bonds is 2. The summed E-state index contributed by atoms with van der Waals surface area (Å²) in [4.78, 5) is 0. The summed E-state index contributed by atoms with van der Waals surface area (Å²) in [6.07, 6.45) is 1.21. The van der Waals surface area contributed by atoms with Gasteiger partial charge in [0.05, 0.1) is 5.56 Å². The van der Waals surface area contributed by atoms with Crippen LogP contribution in [-0.4, -0.2) is 19.5 Å². The van der Waals surface area contributed by atoms with Gasteiger partial charge in [0, 0.05) is 6.08 Å². The predicted octanol–water partition coefficient (Wildman–Crippen LogP) is 3.37. The molecular weight excluding hydrogens is 309 g/mol. The third-order valence-corrected chi connectivity index (χ3v) is 3.70. The van der Waals surface area contributed by atoms with E-state index in [4.69, 9.17) is 4.74 Å². The van der Waals surface area contributed by atoms with Crippen molar-refractivity contribution in [2.45, 2.75) is 31.9 Å². The minimum atomic E-state index is -5.73. The fourth-order valence-corrected chi connectivity index (χ4v) is 2.33. The molecule has 21 heavy (non-hydrogen) atoms. The molecule has 1 heterocycles. The number of aryl methyl sites for hydroxylation is 1. The van der Waals surface area contributed by atoms with Gasteiger partial charge in [-0.15, -0.1) is 0 Å². The van der Waals surface area contributed by atoms with Crippen LogP contribution in [0.25, 0.3) is 5.76 Å². The molecule has 1 aliphatic rings. The number of fused-ring (bicyclic) bond motifs is 1. The van der Waals surface area contributed by atoms with E-state index in [1.54, 1.807) is 32.9 Å². The summed E-state index contributed by atoms with van der Waals surface area (Å²) in [6.45, 7) is 4.88. The number of hydrogen-bond acceptors (Lipinski definition) is 4. The molecule has 0 spiro atoms. The molecule has 0 N–H and O–H groups in total. The van der Waals surface area contributed by atoms with Crippen molar-refractivity contribution >= 4 is 15.9 Å². The summed E-state index contributed by atoms with van der Waals surface area (Å²) >= 11 is 0. The summed E-state index contributed by atoms with van der Waals surface area (Å²) in [6, 6.07) is 4.77. The topological polar surface area (TPSA) is 52.6 Å². The average Bonchev–Trinajstić information content (AvgIpc) is 2.27. The lowest BCUT2D eigenvalue weighted by atomic mass is 9.99. The highest BCUT2D eigenvalue weighted by Crippen LogP contribution is 2.39. The first-order valence-corrected chi connectivity index (χ1v) is 7.36. The number of benzene rings is 1. The van der Waals surface area contributed by atoms with E-state index < -0.39 is 21.2 Å². The van der Waals surface area contributed by atoms with Crippen LogP contribution in [0.5, 0.6) is 5.75 Å². The van der Waals surface area contributed by atoms with E-state index in [2.05, 4.69) is 4.18 Å². The normalized spacial score (nSPS) is 17.5. The second-order valence-electron chi connectivity index (χ2n) is 5.20. The minimum absolute atomic E-state index is 0.169. The molecule has 1 aromatic rings. The lowest BCUT2D eigenvalue weighted by Gasteiger charge is -2.30. The Kier molecular flexibility index (Phi) is 3.48. The van der Waals surface area contributed by atoms with Crippen LogP contribution < -0.4 is 4.74 Å². The SMILES string of the molecule is Cc1ccc2c(c1)C(OS(=O)(=O)C(F)(F)F)=CC(C)(C)O2. The van der Waals surface area contributed by atoms with Gasteiger partial charge in [0.2, 0.25) is 0 Å². The Hall–Kier alpha value is -1.70. The van der Waals surface area contributed by atoms with Crippen LogP contribution in [0.3, 0.4) is 0 Å². The van der Waals surface area contributed by atoms with E-state index >= 15 is 0 Å². The van der Waals surface area contributed by atoms with Crippen LogP contribution in [0.1, 0.15) is 25.0 Å². The van der Waals surface area contributed by atoms with Crippen LogP contribution in [0, 0.1) is 6.92 Å². The van der Waals surface area contributed by atoms with E-state index in [9.17, 15) is 21.6 Å². The van der Waals surface area contributed by atoms with E-state index in [-0.39, 0.29) is 17.1 Å². The van der Waals surface area contributed by atoms with Crippen LogP contribution in [0.4, 0.5) is 13.2 Å². The van der Waals surface area contributed by atoms with Crippen LogP contribution in [-0.2, 0) is 14.3 Å². The number of ether oxygens (including phenoxy) is 1. The summed E-state index contributed by atoms with van der Waals surface area (Å²) in [7, 11) is -5.73. The largest absolute Gasteiger partial charge is 0.534 e. The zero-order chi connectivity index (χ0) is 16.1. The fraction of sp³-hybridized carbons (Fsp3) is 0.385. The maximum atomic E-state index is 12.5. The average molecular weight is 322 g/mol. The molecule has 0 amide bonds. The van der Waals surface area contributed by atoms with Crippen molar-refractivity contribution in [2.24, 2.45) is 0 Å². The van der Waals surface area contributed by atoms with Gasteiger partial charge in [0.15, 0.2) is 5.76 Å². The molecule has 8 heteroatoms. The second-order valence-corrected chi connectivity index (χ2v) is 6.73. The van der Waals surface area contributed by atoms with Gasteiger partial charge in [-0.2, -0.15) is 21.6 Å². The van der Waals surface area contributed by atoms with Crippen molar-refractivity contribution in [3.05, 3.63) is 35.4 Å². The second kappa shape index (κ2) is 4.66. The van der Waals surface area contributed by atoms with Gasteiger partial charge in [0.1, 0.15) is 11.4 Å². The Morgan fingerprint density at radius 3 is 2.43 bits per heavy atom. The van der Waals surface area contributed by atoms with E-state index in [1.165, 1.54) is 12.1 Å². The van der Waals surface area contributed by atoms with E-state index in [0.717, 1.165) is 5.56 Å². The smallest absolute Gasteiger partial charge is 0.483 e. The van der Waals surface area contributed by atoms with Gasteiger partial charge in [-0.25, -0.2) is 0 Å². The minimum Gasteiger partial charge on any atom is -0.483 e. The van der Waals surface area contributed by atoms with Crippen LogP contribution in [0.15, 0.2) is 24.3 Å². The van der Waals surface area contributed by atoms with Gasteiger partial charge in [-0.05, 0) is 32.9 Å². The Labute approximate surface area is 120 Å². The molecule has 0 aliphatic carbocycles. The third kappa shape index (κ3) is 3.15. The van der Waals surface area contributed by atoms with Crippen molar-refractivity contribution in [3.8, 4) is 5.75 Å².